The molecule has 0 aliphatic heterocycles. The van der Waals surface area contributed by atoms with Gasteiger partial charge < -0.3 is 0 Å². The van der Waals surface area contributed by atoms with E-state index in [-0.39, 0.29) is 0 Å². The molecule has 0 unspecified atom stereocenters. The lowest BCUT2D eigenvalue weighted by Gasteiger charge is -2.18. The van der Waals surface area contributed by atoms with Crippen LogP contribution >= 0.6 is 0 Å². The van der Waals surface area contributed by atoms with E-state index >= 15 is 0 Å². The van der Waals surface area contributed by atoms with Gasteiger partial charge in [0.15, 0.2) is 0 Å². The van der Waals surface area contributed by atoms with E-state index in [0.29, 0.717) is 5.92 Å². The molecule has 0 saturated heterocycles. The molecular formula is C11H17N3. The molecule has 0 atom stereocenters. The van der Waals surface area contributed by atoms with Crippen LogP contribution in [0, 0.1) is 0 Å². The number of hydrogen-bond donors (Lipinski definition) is 1. The summed E-state index contributed by atoms with van der Waals surface area (Å²) in [6.07, 6.45) is 3.59. The van der Waals surface area contributed by atoms with Crippen molar-refractivity contribution >= 4 is 11.9 Å². The van der Waals surface area contributed by atoms with E-state index in [0.717, 1.165) is 11.4 Å². The van der Waals surface area contributed by atoms with Gasteiger partial charge in [0.2, 0.25) is 0 Å². The molecule has 14 heavy (non-hydrogen) atoms. The molecule has 0 fully saturated rings. The van der Waals surface area contributed by atoms with Gasteiger partial charge in [-0.2, -0.15) is 0 Å². The van der Waals surface area contributed by atoms with Gasteiger partial charge in [-0.3, -0.25) is 5.01 Å². The summed E-state index contributed by atoms with van der Waals surface area (Å²) in [7, 11) is 1.78. The fraction of sp³-hybridized carbons (Fsp3) is 0.364. The average Bonchev–Trinajstić information content (AvgIpc) is 2.16. The molecule has 3 heteroatoms. The molecule has 1 aromatic heterocycles. The number of anilines is 1. The molecule has 1 rings (SSSR count). The average molecular weight is 191 g/mol. The van der Waals surface area contributed by atoms with Crippen LogP contribution in [-0.4, -0.2) is 12.0 Å². The van der Waals surface area contributed by atoms with Gasteiger partial charge >= 0.3 is 0 Å². The van der Waals surface area contributed by atoms with Crippen LogP contribution in [0.15, 0.2) is 18.8 Å². The van der Waals surface area contributed by atoms with Crippen LogP contribution in [0.2, 0.25) is 0 Å². The van der Waals surface area contributed by atoms with Crippen LogP contribution in [0.4, 0.5) is 5.82 Å². The number of nitrogens with two attached hydrogens (primary N) is 1. The summed E-state index contributed by atoms with van der Waals surface area (Å²) in [5.74, 6) is 6.90. The van der Waals surface area contributed by atoms with E-state index in [9.17, 15) is 0 Å². The molecular weight excluding hydrogens is 174 g/mol. The van der Waals surface area contributed by atoms with Crippen molar-refractivity contribution in [2.24, 2.45) is 5.84 Å². The number of pyridine rings is 1. The van der Waals surface area contributed by atoms with Gasteiger partial charge in [0.1, 0.15) is 5.82 Å². The van der Waals surface area contributed by atoms with Crippen molar-refractivity contribution < 1.29 is 0 Å². The Morgan fingerprint density at radius 1 is 1.57 bits per heavy atom. The summed E-state index contributed by atoms with van der Waals surface area (Å²) in [6.45, 7) is 8.08. The molecule has 0 amide bonds. The monoisotopic (exact) mass is 191 g/mol. The third-order valence-electron chi connectivity index (χ3n) is 2.16. The first-order valence-electron chi connectivity index (χ1n) is 4.67. The Morgan fingerprint density at radius 3 is 2.64 bits per heavy atom. The predicted molar refractivity (Wildman–Crippen MR) is 61.0 cm³/mol. The standard InChI is InChI=1S/C11H17N3/c1-5-9-10(8(2)3)6-7-13-11(9)14(4)12/h5-8H,1,12H2,2-4H3. The number of hydrazine groups is 1. The van der Waals surface area contributed by atoms with Gasteiger partial charge in [-0.25, -0.2) is 10.8 Å². The zero-order valence-electron chi connectivity index (χ0n) is 8.99. The molecule has 2 N–H and O–H groups in total. The second-order valence-corrected chi connectivity index (χ2v) is 3.61. The summed E-state index contributed by atoms with van der Waals surface area (Å²) in [4.78, 5) is 4.22. The highest BCUT2D eigenvalue weighted by Gasteiger charge is 2.10. The van der Waals surface area contributed by atoms with Crippen molar-refractivity contribution in [3.05, 3.63) is 30.0 Å². The summed E-state index contributed by atoms with van der Waals surface area (Å²) >= 11 is 0. The first-order chi connectivity index (χ1) is 6.57. The Kier molecular flexibility index (Phi) is 3.25. The molecule has 0 saturated carbocycles. The van der Waals surface area contributed by atoms with Crippen molar-refractivity contribution in [2.45, 2.75) is 19.8 Å². The van der Waals surface area contributed by atoms with Crippen molar-refractivity contribution in [2.75, 3.05) is 12.1 Å². The van der Waals surface area contributed by atoms with Crippen LogP contribution in [0.5, 0.6) is 0 Å². The van der Waals surface area contributed by atoms with Crippen LogP contribution in [-0.2, 0) is 0 Å². The normalized spacial score (nSPS) is 10.4. The highest BCUT2D eigenvalue weighted by Crippen LogP contribution is 2.25. The third kappa shape index (κ3) is 1.93. The van der Waals surface area contributed by atoms with E-state index in [2.05, 4.69) is 25.4 Å². The van der Waals surface area contributed by atoms with E-state index in [1.54, 1.807) is 19.3 Å². The SMILES string of the molecule is C=Cc1c(C(C)C)ccnc1N(C)N. The maximum absolute atomic E-state index is 5.68. The van der Waals surface area contributed by atoms with Gasteiger partial charge in [-0.15, -0.1) is 0 Å². The lowest BCUT2D eigenvalue weighted by Crippen LogP contribution is -2.27. The molecule has 0 aliphatic rings. The Hall–Kier alpha value is -1.35. The minimum atomic E-state index is 0.449. The molecule has 0 bridgehead atoms. The van der Waals surface area contributed by atoms with Gasteiger partial charge in [-0.05, 0) is 17.5 Å². The van der Waals surface area contributed by atoms with Gasteiger partial charge in [0, 0.05) is 18.8 Å². The zero-order valence-corrected chi connectivity index (χ0v) is 8.99. The molecule has 0 aliphatic carbocycles. The topological polar surface area (TPSA) is 42.2 Å². The Balaban J connectivity index is 3.32. The Morgan fingerprint density at radius 2 is 2.21 bits per heavy atom. The molecule has 1 aromatic rings. The molecule has 3 nitrogen and oxygen atoms in total. The Labute approximate surface area is 85.2 Å². The maximum Gasteiger partial charge on any atom is 0.149 e. The molecule has 76 valence electrons. The highest BCUT2D eigenvalue weighted by atomic mass is 15.4. The number of rotatable bonds is 3. The second kappa shape index (κ2) is 4.24. The lowest BCUT2D eigenvalue weighted by atomic mass is 9.98. The minimum absolute atomic E-state index is 0.449. The fourth-order valence-corrected chi connectivity index (χ4v) is 1.47. The lowest BCUT2D eigenvalue weighted by molar-refractivity contribution is 0.853. The summed E-state index contributed by atoms with van der Waals surface area (Å²) in [5, 5.41) is 1.52. The zero-order chi connectivity index (χ0) is 10.7. The van der Waals surface area contributed by atoms with Crippen molar-refractivity contribution in [3.8, 4) is 0 Å². The minimum Gasteiger partial charge on any atom is -0.297 e. The summed E-state index contributed by atoms with van der Waals surface area (Å²) in [5.41, 5.74) is 2.25. The van der Waals surface area contributed by atoms with Crippen molar-refractivity contribution in [3.63, 3.8) is 0 Å². The first kappa shape index (κ1) is 10.7. The van der Waals surface area contributed by atoms with Crippen LogP contribution in [0.25, 0.3) is 6.08 Å². The van der Waals surface area contributed by atoms with Gasteiger partial charge in [0.25, 0.3) is 0 Å². The first-order valence-corrected chi connectivity index (χ1v) is 4.67. The molecule has 0 radical (unpaired) electrons. The molecule has 1 heterocycles. The summed E-state index contributed by atoms with van der Waals surface area (Å²) < 4.78 is 0. The maximum atomic E-state index is 5.68. The number of aromatic nitrogens is 1. The molecule has 0 spiro atoms. The van der Waals surface area contributed by atoms with E-state index in [1.165, 1.54) is 10.6 Å². The van der Waals surface area contributed by atoms with Gasteiger partial charge in [-0.1, -0.05) is 26.5 Å². The molecule has 0 aromatic carbocycles. The highest BCUT2D eigenvalue weighted by molar-refractivity contribution is 5.66. The van der Waals surface area contributed by atoms with Gasteiger partial charge in [0.05, 0.1) is 0 Å². The van der Waals surface area contributed by atoms with E-state index in [4.69, 9.17) is 5.84 Å². The second-order valence-electron chi connectivity index (χ2n) is 3.61. The third-order valence-corrected chi connectivity index (χ3v) is 2.16. The van der Waals surface area contributed by atoms with Crippen LogP contribution in [0.3, 0.4) is 0 Å². The quantitative estimate of drug-likeness (QED) is 0.588. The van der Waals surface area contributed by atoms with E-state index < -0.39 is 0 Å². The van der Waals surface area contributed by atoms with Crippen molar-refractivity contribution in [1.29, 1.82) is 0 Å². The van der Waals surface area contributed by atoms with Crippen LogP contribution in [0.1, 0.15) is 30.9 Å². The van der Waals surface area contributed by atoms with Crippen LogP contribution < -0.4 is 10.9 Å². The summed E-state index contributed by atoms with van der Waals surface area (Å²) in [6, 6.07) is 2.01. The van der Waals surface area contributed by atoms with Crippen molar-refractivity contribution in [1.82, 2.24) is 4.98 Å². The fourth-order valence-electron chi connectivity index (χ4n) is 1.47. The number of hydrogen-bond acceptors (Lipinski definition) is 3. The Bertz CT molecular complexity index is 303. The smallest absolute Gasteiger partial charge is 0.149 e. The number of nitrogens with zero attached hydrogens (tertiary/aromatic N) is 2. The van der Waals surface area contributed by atoms with E-state index in [1.807, 2.05) is 6.07 Å². The largest absolute Gasteiger partial charge is 0.297 e. The predicted octanol–water partition coefficient (Wildman–Crippen LogP) is 2.16.